The molecule has 0 amide bonds. The number of aliphatic hydroxyl groups is 1. The number of hydrogen-bond donors (Lipinski definition) is 3. The van der Waals surface area contributed by atoms with E-state index in [1.165, 1.54) is 109 Å². The minimum absolute atomic E-state index is 0.0387. The Morgan fingerprint density at radius 1 is 0.275 bits per heavy atom. The zero-order valence-corrected chi connectivity index (χ0v) is 66.0. The molecule has 0 bridgehead atoms. The van der Waals surface area contributed by atoms with Gasteiger partial charge in [0.05, 0.1) is 26.4 Å². The third kappa shape index (κ3) is 74.0. The zero-order valence-electron chi connectivity index (χ0n) is 64.3. The molecule has 0 aromatic rings. The number of esters is 4. The maximum atomic E-state index is 13.1. The smallest absolute Gasteiger partial charge is 0.462 e. The van der Waals surface area contributed by atoms with Crippen LogP contribution in [0, 0.1) is 0 Å². The van der Waals surface area contributed by atoms with Crippen molar-refractivity contribution in [1.29, 1.82) is 0 Å². The molecule has 19 heteroatoms. The summed E-state index contributed by atoms with van der Waals surface area (Å²) in [5.74, 6) is -2.29. The Labute approximate surface area is 619 Å². The monoisotopic (exact) mass is 1470 g/mol. The number of carbonyl (C=O) groups is 4. The summed E-state index contributed by atoms with van der Waals surface area (Å²) >= 11 is 0. The van der Waals surface area contributed by atoms with E-state index in [1.807, 2.05) is 12.2 Å². The highest BCUT2D eigenvalue weighted by Crippen LogP contribution is 2.45. The topological polar surface area (TPSA) is 237 Å². The first-order valence-corrected chi connectivity index (χ1v) is 43.1. The fraction of sp³-hybridized carbons (Fsp3) is 0.735. The van der Waals surface area contributed by atoms with E-state index < -0.39 is 97.5 Å². The molecule has 0 radical (unpaired) electrons. The Morgan fingerprint density at radius 2 is 0.500 bits per heavy atom. The van der Waals surface area contributed by atoms with Crippen LogP contribution >= 0.6 is 15.6 Å². The summed E-state index contributed by atoms with van der Waals surface area (Å²) in [5.41, 5.74) is 0. The molecule has 0 saturated carbocycles. The average Bonchev–Trinajstić information content (AvgIpc) is 0.908. The van der Waals surface area contributed by atoms with Gasteiger partial charge in [-0.3, -0.25) is 37.3 Å². The van der Waals surface area contributed by atoms with Crippen LogP contribution in [0.2, 0.25) is 0 Å². The lowest BCUT2D eigenvalue weighted by Crippen LogP contribution is -2.30. The minimum Gasteiger partial charge on any atom is -0.462 e. The number of unbranched alkanes of at least 4 members (excludes halogenated alkanes) is 31. The molecule has 0 aliphatic rings. The molecule has 0 heterocycles. The van der Waals surface area contributed by atoms with E-state index in [4.69, 9.17) is 37.0 Å². The summed E-state index contributed by atoms with van der Waals surface area (Å²) in [6.45, 7) is 4.71. The van der Waals surface area contributed by atoms with Gasteiger partial charge in [0.2, 0.25) is 0 Å². The number of rotatable bonds is 75. The Bertz CT molecular complexity index is 2360. The highest BCUT2D eigenvalue weighted by molar-refractivity contribution is 7.47. The number of allylic oxidation sites excluding steroid dienone is 18. The van der Waals surface area contributed by atoms with Gasteiger partial charge in [-0.15, -0.1) is 0 Å². The van der Waals surface area contributed by atoms with Crippen molar-refractivity contribution in [3.63, 3.8) is 0 Å². The van der Waals surface area contributed by atoms with Crippen LogP contribution in [0.15, 0.2) is 109 Å². The quantitative estimate of drug-likeness (QED) is 0.0169. The van der Waals surface area contributed by atoms with E-state index in [0.29, 0.717) is 32.1 Å². The number of phosphoric acid groups is 2. The highest BCUT2D eigenvalue weighted by atomic mass is 31.2. The molecule has 0 aromatic heterocycles. The number of phosphoric ester groups is 2. The molecule has 0 aliphatic heterocycles. The van der Waals surface area contributed by atoms with Crippen LogP contribution in [-0.2, 0) is 65.4 Å². The van der Waals surface area contributed by atoms with Crippen LogP contribution in [0.25, 0.3) is 0 Å². The van der Waals surface area contributed by atoms with Gasteiger partial charge >= 0.3 is 39.5 Å². The normalized spacial score (nSPS) is 14.5. The summed E-state index contributed by atoms with van der Waals surface area (Å²) in [6, 6.07) is 0. The largest absolute Gasteiger partial charge is 0.472 e. The summed E-state index contributed by atoms with van der Waals surface area (Å²) in [5, 5.41) is 10.6. The van der Waals surface area contributed by atoms with Gasteiger partial charge in [0, 0.05) is 25.7 Å². The third-order valence-electron chi connectivity index (χ3n) is 16.7. The van der Waals surface area contributed by atoms with Crippen molar-refractivity contribution in [2.45, 2.75) is 354 Å². The summed E-state index contributed by atoms with van der Waals surface area (Å²) in [6.07, 6.45) is 80.8. The molecule has 0 spiro atoms. The first-order valence-electron chi connectivity index (χ1n) is 40.1. The molecule has 0 aliphatic carbocycles. The van der Waals surface area contributed by atoms with E-state index >= 15 is 0 Å². The molecule has 588 valence electrons. The van der Waals surface area contributed by atoms with Crippen molar-refractivity contribution in [2.75, 3.05) is 39.6 Å². The average molecular weight is 1480 g/mol. The summed E-state index contributed by atoms with van der Waals surface area (Å²) < 4.78 is 68.5. The lowest BCUT2D eigenvalue weighted by Gasteiger charge is -2.21. The van der Waals surface area contributed by atoms with Gasteiger partial charge in [0.25, 0.3) is 0 Å². The van der Waals surface area contributed by atoms with Crippen LogP contribution in [0.1, 0.15) is 336 Å². The van der Waals surface area contributed by atoms with E-state index in [1.54, 1.807) is 0 Å². The van der Waals surface area contributed by atoms with Crippen molar-refractivity contribution in [2.24, 2.45) is 0 Å². The van der Waals surface area contributed by atoms with E-state index in [9.17, 15) is 43.2 Å². The van der Waals surface area contributed by atoms with Crippen molar-refractivity contribution in [1.82, 2.24) is 0 Å². The predicted octanol–water partition coefficient (Wildman–Crippen LogP) is 23.3. The molecular weight excluding hydrogens is 1330 g/mol. The third-order valence-corrected chi connectivity index (χ3v) is 18.6. The lowest BCUT2D eigenvalue weighted by molar-refractivity contribution is -0.161. The maximum absolute atomic E-state index is 13.1. The number of hydrogen-bond acceptors (Lipinski definition) is 15. The van der Waals surface area contributed by atoms with Crippen LogP contribution < -0.4 is 0 Å². The second-order valence-corrected chi connectivity index (χ2v) is 29.6. The van der Waals surface area contributed by atoms with Crippen molar-refractivity contribution < 1.29 is 80.2 Å². The van der Waals surface area contributed by atoms with Gasteiger partial charge < -0.3 is 33.8 Å². The Kier molecular flexibility index (Phi) is 71.8. The molecule has 0 saturated heterocycles. The Balaban J connectivity index is 5.42. The number of carbonyl (C=O) groups excluding carboxylic acids is 4. The van der Waals surface area contributed by atoms with Gasteiger partial charge in [-0.05, 0) is 128 Å². The molecule has 102 heavy (non-hydrogen) atoms. The molecular formula is C83H144O17P2. The van der Waals surface area contributed by atoms with E-state index in [2.05, 4.69) is 125 Å². The lowest BCUT2D eigenvalue weighted by atomic mass is 10.0. The molecule has 0 aromatic carbocycles. The minimum atomic E-state index is -4.99. The fourth-order valence-corrected chi connectivity index (χ4v) is 12.1. The molecule has 0 fully saturated rings. The maximum Gasteiger partial charge on any atom is 0.472 e. The standard InChI is InChI=1S/C83H144O17P2/c1-5-9-13-17-21-25-29-33-36-37-38-39-42-45-48-52-56-60-64-68-81(86)94-73-78(99-82(87)69-65-61-57-53-49-43-32-28-24-20-16-12-8-4)75-97-101(89,90)95-71-77(84)72-96-102(91,92)98-76-79(100-83(88)70-66-62-58-54-50-46-41-35-31-27-23-19-15-11-7-3)74-93-80(85)67-63-59-55-51-47-44-40-34-30-26-22-18-14-10-6-2/h21-23,25-27,33-36,38-41,45,48,56,60,77-79,84H,5-20,24,28-32,37,42-44,46-47,49-55,57-59,61-76H2,1-4H3,(H,89,90)(H,91,92)/b25-21-,26-22-,27-23-,36-33-,39-38-,40-34-,41-35-,48-45-,60-56-/t77-,78-,79-/m1/s1. The SMILES string of the molecule is CCCCC/C=C\C/C=C\C/C=C\C/C=C\C/C=C\CCC(=O)OC[C@H](COP(=O)(O)OC[C@@H](O)COP(=O)(O)OC[C@@H](COC(=O)CCCCCCC/C=C\C/C=C\CCCCC)OC(=O)CCCCCCC/C=C\C/C=C\CCCCC)OC(=O)CCCCCCCCCCCCCCC. The van der Waals surface area contributed by atoms with Gasteiger partial charge in [0.1, 0.15) is 19.3 Å². The van der Waals surface area contributed by atoms with Crippen molar-refractivity contribution in [3.05, 3.63) is 109 Å². The van der Waals surface area contributed by atoms with Crippen molar-refractivity contribution >= 4 is 39.5 Å². The fourth-order valence-electron chi connectivity index (χ4n) is 10.6. The predicted molar refractivity (Wildman–Crippen MR) is 418 cm³/mol. The van der Waals surface area contributed by atoms with Crippen LogP contribution in [0.3, 0.4) is 0 Å². The number of ether oxygens (including phenoxy) is 4. The first kappa shape index (κ1) is 97.7. The highest BCUT2D eigenvalue weighted by Gasteiger charge is 2.30. The Hall–Kier alpha value is -4.28. The summed E-state index contributed by atoms with van der Waals surface area (Å²) in [7, 11) is -9.98. The van der Waals surface area contributed by atoms with Gasteiger partial charge in [-0.25, -0.2) is 9.13 Å². The van der Waals surface area contributed by atoms with Gasteiger partial charge in [-0.2, -0.15) is 0 Å². The van der Waals surface area contributed by atoms with E-state index in [0.717, 1.165) is 141 Å². The Morgan fingerprint density at radius 3 is 0.814 bits per heavy atom. The van der Waals surface area contributed by atoms with Crippen LogP contribution in [0.4, 0.5) is 0 Å². The summed E-state index contributed by atoms with van der Waals surface area (Å²) in [4.78, 5) is 72.9. The van der Waals surface area contributed by atoms with Gasteiger partial charge in [-0.1, -0.05) is 291 Å². The van der Waals surface area contributed by atoms with Gasteiger partial charge in [0.15, 0.2) is 12.2 Å². The van der Waals surface area contributed by atoms with Crippen LogP contribution in [0.5, 0.6) is 0 Å². The van der Waals surface area contributed by atoms with Crippen LogP contribution in [-0.4, -0.2) is 96.7 Å². The zero-order chi connectivity index (χ0) is 74.6. The molecule has 2 unspecified atom stereocenters. The van der Waals surface area contributed by atoms with E-state index in [-0.39, 0.29) is 25.7 Å². The molecule has 17 nitrogen and oxygen atoms in total. The molecule has 0 rings (SSSR count). The van der Waals surface area contributed by atoms with Crippen molar-refractivity contribution in [3.8, 4) is 0 Å². The first-order chi connectivity index (χ1) is 49.7. The molecule has 5 atom stereocenters. The second-order valence-electron chi connectivity index (χ2n) is 26.7. The molecule has 3 N–H and O–H groups in total. The number of aliphatic hydroxyl groups excluding tert-OH is 1. The second kappa shape index (κ2) is 75.0.